The Labute approximate surface area is 232 Å². The predicted molar refractivity (Wildman–Crippen MR) is 170 cm³/mol. The Kier molecular flexibility index (Phi) is 4.88. The minimum Gasteiger partial charge on any atom is -0.143 e. The molecule has 0 aliphatic carbocycles. The van der Waals surface area contributed by atoms with Crippen LogP contribution in [0, 0.1) is 13.8 Å². The van der Waals surface area contributed by atoms with Crippen LogP contribution in [-0.2, 0) is 0 Å². The van der Waals surface area contributed by atoms with Gasteiger partial charge in [-0.1, -0.05) is 0 Å². The monoisotopic (exact) mass is 570 g/mol. The highest BCUT2D eigenvalue weighted by Gasteiger charge is 2.14. The molecule has 0 bridgehead atoms. The molecule has 0 N–H and O–H groups in total. The fraction of sp³-hybridized carbons (Fsp3) is 0.0667. The predicted octanol–water partition coefficient (Wildman–Crippen LogP) is 12.3. The highest BCUT2D eigenvalue weighted by molar-refractivity contribution is 7.30. The van der Waals surface area contributed by atoms with E-state index in [-0.39, 0.29) is 0 Å². The van der Waals surface area contributed by atoms with Gasteiger partial charge in [-0.05, 0) is 118 Å². The summed E-state index contributed by atoms with van der Waals surface area (Å²) in [5.41, 5.74) is 2.69. The van der Waals surface area contributed by atoms with E-state index in [2.05, 4.69) is 85.3 Å². The zero-order valence-electron chi connectivity index (χ0n) is 19.4. The molecule has 0 atom stereocenters. The van der Waals surface area contributed by atoms with Crippen LogP contribution in [0.15, 0.2) is 71.4 Å². The van der Waals surface area contributed by atoms with Crippen molar-refractivity contribution in [3.8, 4) is 29.3 Å². The van der Waals surface area contributed by atoms with Gasteiger partial charge in [0.05, 0.1) is 0 Å². The number of aryl methyl sites for hydroxylation is 2. The molecule has 0 saturated carbocycles. The number of fused-ring (bicyclic) bond motifs is 4. The smallest absolute Gasteiger partial charge is 0.0455 e. The van der Waals surface area contributed by atoms with Crippen LogP contribution < -0.4 is 0 Å². The minimum absolute atomic E-state index is 1.35. The van der Waals surface area contributed by atoms with Crippen molar-refractivity contribution in [2.45, 2.75) is 13.8 Å². The molecule has 6 heteroatoms. The molecule has 0 aliphatic heterocycles. The van der Waals surface area contributed by atoms with Crippen molar-refractivity contribution < 1.29 is 0 Å². The van der Waals surface area contributed by atoms with Crippen LogP contribution in [0.3, 0.4) is 0 Å². The van der Waals surface area contributed by atoms with Crippen molar-refractivity contribution in [3.05, 3.63) is 82.6 Å². The van der Waals surface area contributed by atoms with Gasteiger partial charge in [0, 0.05) is 48.1 Å². The molecule has 0 spiro atoms. The molecule has 174 valence electrons. The molecule has 6 aromatic heterocycles. The van der Waals surface area contributed by atoms with E-state index in [0.29, 0.717) is 0 Å². The number of hydrogen-bond acceptors (Lipinski definition) is 6. The lowest BCUT2D eigenvalue weighted by Crippen LogP contribution is -1.63. The summed E-state index contributed by atoms with van der Waals surface area (Å²) in [6.45, 7) is 4.34. The van der Waals surface area contributed by atoms with Crippen LogP contribution in [0.25, 0.3) is 69.6 Å². The molecule has 0 amide bonds. The molecular weight excluding hydrogens is 553 g/mol. The minimum atomic E-state index is 1.35. The zero-order chi connectivity index (χ0) is 24.0. The average Bonchev–Trinajstić information content (AvgIpc) is 3.67. The lowest BCUT2D eigenvalue weighted by molar-refractivity contribution is 1.56. The fourth-order valence-corrected chi connectivity index (χ4v) is 11.3. The molecule has 6 heterocycles. The van der Waals surface area contributed by atoms with E-state index in [4.69, 9.17) is 0 Å². The third kappa shape index (κ3) is 3.55. The van der Waals surface area contributed by atoms with E-state index < -0.39 is 0 Å². The molecule has 2 aromatic carbocycles. The summed E-state index contributed by atoms with van der Waals surface area (Å²) < 4.78 is 5.51. The first-order chi connectivity index (χ1) is 17.6. The van der Waals surface area contributed by atoms with Crippen molar-refractivity contribution in [2.24, 2.45) is 0 Å². The zero-order valence-corrected chi connectivity index (χ0v) is 24.3. The second-order valence-corrected chi connectivity index (χ2v) is 15.4. The average molecular weight is 571 g/mol. The molecule has 0 aliphatic rings. The maximum Gasteiger partial charge on any atom is 0.0455 e. The summed E-state index contributed by atoms with van der Waals surface area (Å²) in [6, 6.07) is 23.6. The lowest BCUT2D eigenvalue weighted by Gasteiger charge is -1.89. The Morgan fingerprint density at radius 2 is 0.694 bits per heavy atom. The number of benzene rings is 2. The standard InChI is InChI=1S/C30H18S6/c1-15-3-25(31-13-15)27-7-17-5-19-9-29(35-23(19)11-21(17)33-27)30-10-20-6-18-8-28(26-4-16(2)14-32-26)34-22(18)12-24(20)36-30/h3-14H,1-2H3. The Morgan fingerprint density at radius 1 is 0.361 bits per heavy atom. The molecule has 0 nitrogen and oxygen atoms in total. The first kappa shape index (κ1) is 21.7. The maximum absolute atomic E-state index is 2.39. The van der Waals surface area contributed by atoms with Crippen LogP contribution in [0.1, 0.15) is 11.1 Å². The van der Waals surface area contributed by atoms with Crippen LogP contribution >= 0.6 is 68.0 Å². The van der Waals surface area contributed by atoms with Gasteiger partial charge < -0.3 is 0 Å². The summed E-state index contributed by atoms with van der Waals surface area (Å²) in [4.78, 5) is 8.25. The first-order valence-electron chi connectivity index (χ1n) is 11.6. The number of thiophene rings is 6. The van der Waals surface area contributed by atoms with E-state index in [9.17, 15) is 0 Å². The SMILES string of the molecule is Cc1csc(-c2cc3cc4cc(-c5cc6cc7cc(-c8cc(C)cs8)sc7cc6s5)sc4cc3s2)c1. The van der Waals surface area contributed by atoms with E-state index >= 15 is 0 Å². The maximum atomic E-state index is 2.39. The molecular formula is C30H18S6. The third-order valence-corrected chi connectivity index (χ3v) is 13.6. The van der Waals surface area contributed by atoms with E-state index in [1.807, 2.05) is 68.0 Å². The van der Waals surface area contributed by atoms with Crippen LogP contribution in [0.4, 0.5) is 0 Å². The molecule has 0 saturated heterocycles. The van der Waals surface area contributed by atoms with Gasteiger partial charge in [0.15, 0.2) is 0 Å². The molecule has 8 aromatic rings. The molecule has 36 heavy (non-hydrogen) atoms. The van der Waals surface area contributed by atoms with Gasteiger partial charge in [-0.3, -0.25) is 0 Å². The summed E-state index contributed by atoms with van der Waals surface area (Å²) in [7, 11) is 0. The normalized spacial score (nSPS) is 12.2. The summed E-state index contributed by atoms with van der Waals surface area (Å²) in [5, 5.41) is 9.88. The van der Waals surface area contributed by atoms with E-state index in [1.54, 1.807) is 0 Å². The number of rotatable bonds is 3. The Hall–Kier alpha value is -2.32. The Balaban J connectivity index is 1.18. The first-order valence-corrected chi connectivity index (χ1v) is 16.6. The lowest BCUT2D eigenvalue weighted by atomic mass is 10.1. The molecule has 8 rings (SSSR count). The van der Waals surface area contributed by atoms with Crippen molar-refractivity contribution in [2.75, 3.05) is 0 Å². The summed E-state index contributed by atoms with van der Waals surface area (Å²) in [5.74, 6) is 0. The van der Waals surface area contributed by atoms with Crippen LogP contribution in [0.5, 0.6) is 0 Å². The van der Waals surface area contributed by atoms with Gasteiger partial charge in [-0.15, -0.1) is 68.0 Å². The summed E-state index contributed by atoms with van der Waals surface area (Å²) >= 11 is 11.4. The van der Waals surface area contributed by atoms with Crippen molar-refractivity contribution >= 4 is 108 Å². The highest BCUT2D eigenvalue weighted by atomic mass is 32.1. The Bertz CT molecular complexity index is 1830. The molecule has 0 fully saturated rings. The highest BCUT2D eigenvalue weighted by Crippen LogP contribution is 2.45. The van der Waals surface area contributed by atoms with Gasteiger partial charge in [0.2, 0.25) is 0 Å². The number of hydrogen-bond donors (Lipinski definition) is 0. The van der Waals surface area contributed by atoms with E-state index in [1.165, 1.54) is 80.7 Å². The van der Waals surface area contributed by atoms with Gasteiger partial charge in [-0.25, -0.2) is 0 Å². The van der Waals surface area contributed by atoms with Gasteiger partial charge in [0.25, 0.3) is 0 Å². The molecule has 0 unspecified atom stereocenters. The quantitative estimate of drug-likeness (QED) is 0.198. The van der Waals surface area contributed by atoms with E-state index in [0.717, 1.165) is 0 Å². The largest absolute Gasteiger partial charge is 0.143 e. The van der Waals surface area contributed by atoms with Crippen molar-refractivity contribution in [1.82, 2.24) is 0 Å². The second-order valence-electron chi connectivity index (χ2n) is 9.27. The van der Waals surface area contributed by atoms with Gasteiger partial charge in [0.1, 0.15) is 0 Å². The third-order valence-electron chi connectivity index (χ3n) is 6.50. The van der Waals surface area contributed by atoms with Gasteiger partial charge >= 0.3 is 0 Å². The van der Waals surface area contributed by atoms with Gasteiger partial charge in [-0.2, -0.15) is 0 Å². The Morgan fingerprint density at radius 3 is 1.00 bits per heavy atom. The van der Waals surface area contributed by atoms with Crippen LogP contribution in [-0.4, -0.2) is 0 Å². The fourth-order valence-electron chi connectivity index (χ4n) is 4.76. The van der Waals surface area contributed by atoms with Crippen molar-refractivity contribution in [1.29, 1.82) is 0 Å². The second kappa shape index (κ2) is 8.09. The molecule has 0 radical (unpaired) electrons. The topological polar surface area (TPSA) is 0 Å². The van der Waals surface area contributed by atoms with Crippen molar-refractivity contribution in [3.63, 3.8) is 0 Å². The van der Waals surface area contributed by atoms with Crippen LogP contribution in [0.2, 0.25) is 0 Å². The summed E-state index contributed by atoms with van der Waals surface area (Å²) in [6.07, 6.45) is 0.